The maximum Gasteiger partial charge on any atom is 0.278 e. The molecule has 1 heterocycles. The van der Waals surface area contributed by atoms with Gasteiger partial charge in [-0.2, -0.15) is 5.10 Å². The molecule has 0 aromatic heterocycles. The molecule has 1 aromatic rings. The van der Waals surface area contributed by atoms with Gasteiger partial charge in [0.05, 0.1) is 5.70 Å². The fraction of sp³-hybridized carbons (Fsp3) is 0.333. The Labute approximate surface area is 118 Å². The third-order valence-electron chi connectivity index (χ3n) is 3.04. The molecular formula is C15H17ClN2O. The van der Waals surface area contributed by atoms with E-state index in [0.717, 1.165) is 23.4 Å². The number of amides is 1. The fourth-order valence-electron chi connectivity index (χ4n) is 2.01. The molecule has 0 N–H and O–H groups in total. The van der Waals surface area contributed by atoms with E-state index in [-0.39, 0.29) is 5.91 Å². The van der Waals surface area contributed by atoms with Crippen LogP contribution in [0.2, 0.25) is 0 Å². The first-order chi connectivity index (χ1) is 9.13. The van der Waals surface area contributed by atoms with E-state index < -0.39 is 0 Å². The zero-order valence-corrected chi connectivity index (χ0v) is 11.9. The average Bonchev–Trinajstić information content (AvgIpc) is 2.83. The maximum absolute atomic E-state index is 12.5. The molecule has 19 heavy (non-hydrogen) atoms. The molecule has 1 aliphatic heterocycles. The largest absolute Gasteiger partial charge is 0.278 e. The fourth-order valence-corrected chi connectivity index (χ4v) is 2.23. The van der Waals surface area contributed by atoms with Gasteiger partial charge in [-0.25, -0.2) is 5.01 Å². The van der Waals surface area contributed by atoms with Gasteiger partial charge in [-0.05, 0) is 26.0 Å². The molecule has 0 unspecified atom stereocenters. The summed E-state index contributed by atoms with van der Waals surface area (Å²) in [7, 11) is 0. The van der Waals surface area contributed by atoms with Crippen LogP contribution in [0.3, 0.4) is 0 Å². The van der Waals surface area contributed by atoms with Gasteiger partial charge in [-0.3, -0.25) is 4.79 Å². The molecule has 0 radical (unpaired) electrons. The highest BCUT2D eigenvalue weighted by molar-refractivity contribution is 6.19. The van der Waals surface area contributed by atoms with Crippen LogP contribution in [0.4, 0.5) is 0 Å². The van der Waals surface area contributed by atoms with E-state index in [0.29, 0.717) is 17.9 Å². The third kappa shape index (κ3) is 3.04. The van der Waals surface area contributed by atoms with Crippen molar-refractivity contribution in [2.24, 2.45) is 5.10 Å². The van der Waals surface area contributed by atoms with E-state index in [1.54, 1.807) is 12.1 Å². The van der Waals surface area contributed by atoms with Crippen molar-refractivity contribution in [3.63, 3.8) is 0 Å². The van der Waals surface area contributed by atoms with Crippen LogP contribution in [0.25, 0.3) is 0 Å². The summed E-state index contributed by atoms with van der Waals surface area (Å²) in [6.45, 7) is 4.00. The van der Waals surface area contributed by atoms with Gasteiger partial charge in [0.15, 0.2) is 0 Å². The van der Waals surface area contributed by atoms with Gasteiger partial charge in [0.25, 0.3) is 5.91 Å². The molecule has 1 amide bonds. The Morgan fingerprint density at radius 2 is 2.00 bits per heavy atom. The van der Waals surface area contributed by atoms with E-state index in [9.17, 15) is 4.79 Å². The lowest BCUT2D eigenvalue weighted by Gasteiger charge is -2.15. The zero-order valence-electron chi connectivity index (χ0n) is 11.2. The molecule has 2 rings (SSSR count). The average molecular weight is 277 g/mol. The summed E-state index contributed by atoms with van der Waals surface area (Å²) < 4.78 is 0. The number of hydrazone groups is 1. The SMILES string of the molecule is CC(C)=C1CC(CCCl)=NN1C(=O)c1ccccc1. The van der Waals surface area contributed by atoms with Crippen molar-refractivity contribution in [1.82, 2.24) is 5.01 Å². The van der Waals surface area contributed by atoms with Crippen molar-refractivity contribution < 1.29 is 4.79 Å². The van der Waals surface area contributed by atoms with Gasteiger partial charge in [-0.1, -0.05) is 23.8 Å². The van der Waals surface area contributed by atoms with E-state index in [4.69, 9.17) is 11.6 Å². The first-order valence-corrected chi connectivity index (χ1v) is 6.85. The Hall–Kier alpha value is -1.61. The number of hydrogen-bond donors (Lipinski definition) is 0. The van der Waals surface area contributed by atoms with Gasteiger partial charge in [0, 0.05) is 30.0 Å². The molecule has 0 bridgehead atoms. The number of allylic oxidation sites excluding steroid dienone is 2. The highest BCUT2D eigenvalue weighted by atomic mass is 35.5. The molecule has 0 atom stereocenters. The molecule has 0 aliphatic carbocycles. The number of nitrogens with zero attached hydrogens (tertiary/aromatic N) is 2. The van der Waals surface area contributed by atoms with Gasteiger partial charge in [0.1, 0.15) is 0 Å². The number of rotatable bonds is 3. The minimum absolute atomic E-state index is 0.0821. The van der Waals surface area contributed by atoms with Crippen LogP contribution in [0.1, 0.15) is 37.0 Å². The molecule has 3 nitrogen and oxygen atoms in total. The topological polar surface area (TPSA) is 32.7 Å². The summed E-state index contributed by atoms with van der Waals surface area (Å²) in [5.74, 6) is 0.448. The number of benzene rings is 1. The van der Waals surface area contributed by atoms with E-state index in [1.165, 1.54) is 5.01 Å². The van der Waals surface area contributed by atoms with Crippen LogP contribution in [0.5, 0.6) is 0 Å². The summed E-state index contributed by atoms with van der Waals surface area (Å²) in [5.41, 5.74) is 3.69. The third-order valence-corrected chi connectivity index (χ3v) is 3.23. The second-order valence-corrected chi connectivity index (χ2v) is 5.09. The lowest BCUT2D eigenvalue weighted by Crippen LogP contribution is -2.22. The Bertz CT molecular complexity index is 530. The van der Waals surface area contributed by atoms with Crippen molar-refractivity contribution in [3.8, 4) is 0 Å². The maximum atomic E-state index is 12.5. The summed E-state index contributed by atoms with van der Waals surface area (Å²) in [4.78, 5) is 12.5. The summed E-state index contributed by atoms with van der Waals surface area (Å²) in [6, 6.07) is 9.22. The van der Waals surface area contributed by atoms with Crippen molar-refractivity contribution >= 4 is 23.2 Å². The van der Waals surface area contributed by atoms with Crippen LogP contribution in [-0.2, 0) is 0 Å². The molecule has 4 heteroatoms. The molecule has 0 saturated heterocycles. The Morgan fingerprint density at radius 3 is 2.58 bits per heavy atom. The van der Waals surface area contributed by atoms with Gasteiger partial charge >= 0.3 is 0 Å². The first kappa shape index (κ1) is 13.8. The van der Waals surface area contributed by atoms with Gasteiger partial charge in [0.2, 0.25) is 0 Å². The monoisotopic (exact) mass is 276 g/mol. The quantitative estimate of drug-likeness (QED) is 0.773. The normalized spacial score (nSPS) is 14.6. The number of alkyl halides is 1. The number of carbonyl (C=O) groups excluding carboxylic acids is 1. The van der Waals surface area contributed by atoms with Gasteiger partial charge < -0.3 is 0 Å². The Kier molecular flexibility index (Phi) is 4.38. The predicted molar refractivity (Wildman–Crippen MR) is 78.4 cm³/mol. The zero-order chi connectivity index (χ0) is 13.8. The van der Waals surface area contributed by atoms with E-state index in [2.05, 4.69) is 5.10 Å². The molecule has 100 valence electrons. The lowest BCUT2D eigenvalue weighted by atomic mass is 10.1. The minimum Gasteiger partial charge on any atom is -0.267 e. The van der Waals surface area contributed by atoms with Crippen LogP contribution < -0.4 is 0 Å². The van der Waals surface area contributed by atoms with Crippen molar-refractivity contribution in [2.75, 3.05) is 5.88 Å². The molecule has 0 fully saturated rings. The molecule has 1 aromatic carbocycles. The highest BCUT2D eigenvalue weighted by Gasteiger charge is 2.27. The Balaban J connectivity index is 2.30. The summed E-state index contributed by atoms with van der Waals surface area (Å²) in [6.07, 6.45) is 1.44. The van der Waals surface area contributed by atoms with Crippen molar-refractivity contribution in [1.29, 1.82) is 0 Å². The van der Waals surface area contributed by atoms with Crippen molar-refractivity contribution in [2.45, 2.75) is 26.7 Å². The smallest absolute Gasteiger partial charge is 0.267 e. The lowest BCUT2D eigenvalue weighted by molar-refractivity contribution is 0.0814. The van der Waals surface area contributed by atoms with E-state index in [1.807, 2.05) is 32.0 Å². The van der Waals surface area contributed by atoms with Gasteiger partial charge in [-0.15, -0.1) is 11.6 Å². The summed E-state index contributed by atoms with van der Waals surface area (Å²) in [5, 5.41) is 5.94. The predicted octanol–water partition coefficient (Wildman–Crippen LogP) is 3.81. The molecule has 0 saturated carbocycles. The Morgan fingerprint density at radius 1 is 1.32 bits per heavy atom. The van der Waals surface area contributed by atoms with Crippen LogP contribution in [0, 0.1) is 0 Å². The van der Waals surface area contributed by atoms with Crippen molar-refractivity contribution in [3.05, 3.63) is 47.2 Å². The second kappa shape index (κ2) is 6.02. The van der Waals surface area contributed by atoms with Crippen LogP contribution >= 0.6 is 11.6 Å². The number of halogens is 1. The number of hydrogen-bond acceptors (Lipinski definition) is 2. The van der Waals surface area contributed by atoms with Crippen LogP contribution in [0.15, 0.2) is 46.7 Å². The molecular weight excluding hydrogens is 260 g/mol. The standard InChI is InChI=1S/C15H17ClN2O/c1-11(2)14-10-13(8-9-16)17-18(14)15(19)12-6-4-3-5-7-12/h3-7H,8-10H2,1-2H3. The number of carbonyl (C=O) groups is 1. The molecule has 0 spiro atoms. The summed E-state index contributed by atoms with van der Waals surface area (Å²) >= 11 is 5.75. The highest BCUT2D eigenvalue weighted by Crippen LogP contribution is 2.26. The van der Waals surface area contributed by atoms with E-state index >= 15 is 0 Å². The van der Waals surface area contributed by atoms with Crippen LogP contribution in [-0.4, -0.2) is 22.5 Å². The molecule has 1 aliphatic rings. The minimum atomic E-state index is -0.0821. The second-order valence-electron chi connectivity index (χ2n) is 4.71. The first-order valence-electron chi connectivity index (χ1n) is 6.31.